The fraction of sp³-hybridized carbons (Fsp3) is 0.125. The Morgan fingerprint density at radius 2 is 1.85 bits per heavy atom. The number of aromatic nitrogens is 3. The molecule has 2 heterocycles. The standard InChI is InChI=1S/C16H15N3O/c1-12-7-8-13(11-17-12)16(20)15-9-10-19(18-15)14-5-3-2-4-6-14/h2-11,16,20H,1H3. The minimum atomic E-state index is -0.756. The van der Waals surface area contributed by atoms with Crippen LogP contribution in [0.1, 0.15) is 23.1 Å². The average molecular weight is 265 g/mol. The topological polar surface area (TPSA) is 50.9 Å². The number of pyridine rings is 1. The number of aliphatic hydroxyl groups is 1. The summed E-state index contributed by atoms with van der Waals surface area (Å²) in [4.78, 5) is 4.20. The van der Waals surface area contributed by atoms with Gasteiger partial charge in [0.2, 0.25) is 0 Å². The van der Waals surface area contributed by atoms with E-state index in [-0.39, 0.29) is 0 Å². The van der Waals surface area contributed by atoms with Crippen molar-refractivity contribution in [1.82, 2.24) is 14.8 Å². The Hall–Kier alpha value is -2.46. The van der Waals surface area contributed by atoms with Crippen molar-refractivity contribution in [2.45, 2.75) is 13.0 Å². The summed E-state index contributed by atoms with van der Waals surface area (Å²) < 4.78 is 1.75. The minimum absolute atomic E-state index is 0.611. The maximum Gasteiger partial charge on any atom is 0.124 e. The van der Waals surface area contributed by atoms with Crippen LogP contribution in [-0.2, 0) is 0 Å². The largest absolute Gasteiger partial charge is 0.382 e. The highest BCUT2D eigenvalue weighted by Gasteiger charge is 2.14. The van der Waals surface area contributed by atoms with Gasteiger partial charge in [0.1, 0.15) is 6.10 Å². The van der Waals surface area contributed by atoms with E-state index in [1.807, 2.05) is 61.7 Å². The fourth-order valence-electron chi connectivity index (χ4n) is 2.02. The number of para-hydroxylation sites is 1. The minimum Gasteiger partial charge on any atom is -0.382 e. The van der Waals surface area contributed by atoms with E-state index >= 15 is 0 Å². The summed E-state index contributed by atoms with van der Waals surface area (Å²) in [5.41, 5.74) is 3.25. The molecule has 1 N–H and O–H groups in total. The zero-order valence-corrected chi connectivity index (χ0v) is 11.1. The van der Waals surface area contributed by atoms with Crippen LogP contribution in [0.25, 0.3) is 5.69 Å². The molecule has 0 amide bonds. The van der Waals surface area contributed by atoms with Gasteiger partial charge in [0.15, 0.2) is 0 Å². The summed E-state index contributed by atoms with van der Waals surface area (Å²) in [6, 6.07) is 15.4. The molecule has 1 aromatic carbocycles. The normalized spacial score (nSPS) is 12.3. The Morgan fingerprint density at radius 1 is 1.05 bits per heavy atom. The van der Waals surface area contributed by atoms with Crippen LogP contribution in [0.3, 0.4) is 0 Å². The second-order valence-corrected chi connectivity index (χ2v) is 4.66. The van der Waals surface area contributed by atoms with Crippen molar-refractivity contribution in [2.75, 3.05) is 0 Å². The number of nitrogens with zero attached hydrogens (tertiary/aromatic N) is 3. The molecule has 3 rings (SSSR count). The monoisotopic (exact) mass is 265 g/mol. The Labute approximate surface area is 117 Å². The third-order valence-electron chi connectivity index (χ3n) is 3.16. The molecule has 0 fully saturated rings. The molecule has 0 saturated heterocycles. The first-order valence-corrected chi connectivity index (χ1v) is 6.45. The van der Waals surface area contributed by atoms with Gasteiger partial charge >= 0.3 is 0 Å². The van der Waals surface area contributed by atoms with E-state index in [1.54, 1.807) is 10.9 Å². The highest BCUT2D eigenvalue weighted by Crippen LogP contribution is 2.20. The molecule has 2 aromatic heterocycles. The maximum absolute atomic E-state index is 10.3. The highest BCUT2D eigenvalue weighted by molar-refractivity contribution is 5.31. The number of benzene rings is 1. The first-order chi connectivity index (χ1) is 9.74. The lowest BCUT2D eigenvalue weighted by atomic mass is 10.1. The Bertz CT molecular complexity index is 689. The Morgan fingerprint density at radius 3 is 2.55 bits per heavy atom. The molecular weight excluding hydrogens is 250 g/mol. The van der Waals surface area contributed by atoms with Crippen molar-refractivity contribution in [2.24, 2.45) is 0 Å². The van der Waals surface area contributed by atoms with E-state index in [2.05, 4.69) is 10.1 Å². The second-order valence-electron chi connectivity index (χ2n) is 4.66. The molecule has 100 valence electrons. The summed E-state index contributed by atoms with van der Waals surface area (Å²) in [7, 11) is 0. The van der Waals surface area contributed by atoms with E-state index in [9.17, 15) is 5.11 Å². The quantitative estimate of drug-likeness (QED) is 0.792. The van der Waals surface area contributed by atoms with Gasteiger partial charge in [-0.1, -0.05) is 24.3 Å². The lowest BCUT2D eigenvalue weighted by Crippen LogP contribution is -2.03. The summed E-state index contributed by atoms with van der Waals surface area (Å²) in [6.07, 6.45) is 2.77. The van der Waals surface area contributed by atoms with Gasteiger partial charge in [-0.2, -0.15) is 5.10 Å². The number of aliphatic hydroxyl groups excluding tert-OH is 1. The molecule has 1 unspecified atom stereocenters. The second kappa shape index (κ2) is 5.27. The Kier molecular flexibility index (Phi) is 3.31. The van der Waals surface area contributed by atoms with Crippen molar-refractivity contribution in [3.05, 3.63) is 77.9 Å². The highest BCUT2D eigenvalue weighted by atomic mass is 16.3. The molecule has 0 spiro atoms. The van der Waals surface area contributed by atoms with Gasteiger partial charge in [0.25, 0.3) is 0 Å². The molecular formula is C16H15N3O. The van der Waals surface area contributed by atoms with Gasteiger partial charge in [-0.05, 0) is 31.2 Å². The Balaban J connectivity index is 1.88. The smallest absolute Gasteiger partial charge is 0.124 e. The molecule has 20 heavy (non-hydrogen) atoms. The van der Waals surface area contributed by atoms with Crippen LogP contribution in [0.2, 0.25) is 0 Å². The molecule has 0 radical (unpaired) electrons. The third-order valence-corrected chi connectivity index (χ3v) is 3.16. The number of hydrogen-bond donors (Lipinski definition) is 1. The zero-order valence-electron chi connectivity index (χ0n) is 11.1. The van der Waals surface area contributed by atoms with Crippen molar-refractivity contribution in [1.29, 1.82) is 0 Å². The molecule has 1 atom stereocenters. The molecule has 4 nitrogen and oxygen atoms in total. The fourth-order valence-corrected chi connectivity index (χ4v) is 2.02. The summed E-state index contributed by atoms with van der Waals surface area (Å²) in [5.74, 6) is 0. The van der Waals surface area contributed by atoms with E-state index in [1.165, 1.54) is 0 Å². The van der Waals surface area contributed by atoms with Gasteiger partial charge in [-0.15, -0.1) is 0 Å². The van der Waals surface area contributed by atoms with Crippen LogP contribution in [0, 0.1) is 6.92 Å². The van der Waals surface area contributed by atoms with Crippen LogP contribution in [0.4, 0.5) is 0 Å². The first kappa shape index (κ1) is 12.6. The molecule has 3 aromatic rings. The molecule has 0 bridgehead atoms. The molecule has 0 aliphatic rings. The molecule has 0 aliphatic carbocycles. The van der Waals surface area contributed by atoms with Gasteiger partial charge in [0, 0.05) is 23.7 Å². The van der Waals surface area contributed by atoms with Crippen LogP contribution < -0.4 is 0 Å². The van der Waals surface area contributed by atoms with Gasteiger partial charge in [-0.3, -0.25) is 4.98 Å². The first-order valence-electron chi connectivity index (χ1n) is 6.45. The van der Waals surface area contributed by atoms with Crippen molar-refractivity contribution in [3.63, 3.8) is 0 Å². The van der Waals surface area contributed by atoms with E-state index in [0.717, 1.165) is 16.9 Å². The van der Waals surface area contributed by atoms with E-state index in [4.69, 9.17) is 0 Å². The molecule has 4 heteroatoms. The van der Waals surface area contributed by atoms with Crippen molar-refractivity contribution in [3.8, 4) is 5.69 Å². The SMILES string of the molecule is Cc1ccc(C(O)c2ccn(-c3ccccc3)n2)cn1. The lowest BCUT2D eigenvalue weighted by Gasteiger charge is -2.08. The van der Waals surface area contributed by atoms with Gasteiger partial charge in [-0.25, -0.2) is 4.68 Å². The van der Waals surface area contributed by atoms with Crippen LogP contribution in [0.5, 0.6) is 0 Å². The van der Waals surface area contributed by atoms with Crippen molar-refractivity contribution >= 4 is 0 Å². The lowest BCUT2D eigenvalue weighted by molar-refractivity contribution is 0.214. The summed E-state index contributed by atoms with van der Waals surface area (Å²) in [5, 5.41) is 14.7. The van der Waals surface area contributed by atoms with Gasteiger partial charge in [0.05, 0.1) is 11.4 Å². The summed E-state index contributed by atoms with van der Waals surface area (Å²) in [6.45, 7) is 1.92. The molecule has 0 aliphatic heterocycles. The zero-order chi connectivity index (χ0) is 13.9. The average Bonchev–Trinajstić information content (AvgIpc) is 2.98. The third kappa shape index (κ3) is 2.46. The maximum atomic E-state index is 10.3. The molecule has 0 saturated carbocycles. The summed E-state index contributed by atoms with van der Waals surface area (Å²) >= 11 is 0. The van der Waals surface area contributed by atoms with E-state index in [0.29, 0.717) is 5.69 Å². The van der Waals surface area contributed by atoms with Gasteiger partial charge < -0.3 is 5.11 Å². The van der Waals surface area contributed by atoms with Crippen LogP contribution in [0.15, 0.2) is 60.9 Å². The number of hydrogen-bond acceptors (Lipinski definition) is 3. The van der Waals surface area contributed by atoms with Crippen LogP contribution in [-0.4, -0.2) is 19.9 Å². The predicted octanol–water partition coefficient (Wildman–Crippen LogP) is 2.66. The van der Waals surface area contributed by atoms with Crippen LogP contribution >= 0.6 is 0 Å². The van der Waals surface area contributed by atoms with Crippen molar-refractivity contribution < 1.29 is 5.11 Å². The number of rotatable bonds is 3. The predicted molar refractivity (Wildman–Crippen MR) is 76.6 cm³/mol. The van der Waals surface area contributed by atoms with E-state index < -0.39 is 6.10 Å². The number of aryl methyl sites for hydroxylation is 1.